The summed E-state index contributed by atoms with van der Waals surface area (Å²) in [6.45, 7) is 5.64. The summed E-state index contributed by atoms with van der Waals surface area (Å²) in [4.78, 5) is 38.0. The molecule has 0 saturated carbocycles. The van der Waals surface area contributed by atoms with Crippen molar-refractivity contribution in [2.75, 3.05) is 28.2 Å². The van der Waals surface area contributed by atoms with Crippen LogP contribution in [0.4, 0.5) is 28.4 Å². The Labute approximate surface area is 236 Å². The molecule has 9 heteroatoms. The summed E-state index contributed by atoms with van der Waals surface area (Å²) < 4.78 is 0. The molecule has 41 heavy (non-hydrogen) atoms. The normalized spacial score (nSPS) is 12.9. The lowest BCUT2D eigenvalue weighted by atomic mass is 10.1. The van der Waals surface area contributed by atoms with E-state index in [1.807, 2.05) is 61.7 Å². The summed E-state index contributed by atoms with van der Waals surface area (Å²) in [7, 11) is 0. The van der Waals surface area contributed by atoms with Crippen molar-refractivity contribution in [2.24, 2.45) is 0 Å². The molecule has 6 aromatic rings. The molecule has 1 aliphatic heterocycles. The Kier molecular flexibility index (Phi) is 6.04. The minimum atomic E-state index is -0.113. The van der Waals surface area contributed by atoms with Crippen LogP contribution in [-0.4, -0.2) is 43.9 Å². The SMILES string of the molecule is CC(=O)N(c1ccnc(C)c1)c1cnc2nc(-c3ccc(Nc4ccnc5ccc(N6CCC6)cc45)cc3)[nH]c2c1. The Bertz CT molecular complexity index is 1910. The molecular weight excluding hydrogens is 512 g/mol. The number of carbonyl (C=O) groups is 1. The number of amides is 1. The number of aromatic nitrogens is 5. The summed E-state index contributed by atoms with van der Waals surface area (Å²) in [6, 6.07) is 22.2. The molecule has 202 valence electrons. The summed E-state index contributed by atoms with van der Waals surface area (Å²) in [5.41, 5.74) is 8.69. The molecule has 4 aromatic heterocycles. The van der Waals surface area contributed by atoms with Gasteiger partial charge >= 0.3 is 0 Å². The van der Waals surface area contributed by atoms with Crippen LogP contribution in [0.3, 0.4) is 0 Å². The number of pyridine rings is 3. The van der Waals surface area contributed by atoms with E-state index in [1.165, 1.54) is 19.0 Å². The number of aryl methyl sites for hydroxylation is 1. The van der Waals surface area contributed by atoms with Gasteiger partial charge in [-0.3, -0.25) is 19.7 Å². The molecule has 0 aliphatic carbocycles. The predicted molar refractivity (Wildman–Crippen MR) is 163 cm³/mol. The van der Waals surface area contributed by atoms with Gasteiger partial charge in [0.15, 0.2) is 5.65 Å². The fourth-order valence-corrected chi connectivity index (χ4v) is 5.21. The van der Waals surface area contributed by atoms with Crippen LogP contribution in [0.5, 0.6) is 0 Å². The standard InChI is InChI=1S/C32H28N8O/c1-20-16-25(10-12-33-20)40(21(2)41)26-18-30-32(35-19-26)38-31(37-30)22-4-6-23(7-5-22)36-29-11-13-34-28-9-8-24(17-27(28)29)39-14-3-15-39/h4-13,16-19H,3,14-15H2,1-2H3,(H,34,36)(H,35,37,38). The van der Waals surface area contributed by atoms with Gasteiger partial charge in [-0.2, -0.15) is 0 Å². The van der Waals surface area contributed by atoms with Crippen molar-refractivity contribution in [3.05, 3.63) is 91.0 Å². The van der Waals surface area contributed by atoms with Gasteiger partial charge in [-0.1, -0.05) is 0 Å². The van der Waals surface area contributed by atoms with Crippen molar-refractivity contribution in [3.8, 4) is 11.4 Å². The van der Waals surface area contributed by atoms with Crippen LogP contribution < -0.4 is 15.1 Å². The van der Waals surface area contributed by atoms with Crippen molar-refractivity contribution in [1.82, 2.24) is 24.9 Å². The smallest absolute Gasteiger partial charge is 0.228 e. The van der Waals surface area contributed by atoms with Gasteiger partial charge in [0.1, 0.15) is 5.82 Å². The molecule has 1 amide bonds. The largest absolute Gasteiger partial charge is 0.371 e. The van der Waals surface area contributed by atoms with E-state index >= 15 is 0 Å². The molecule has 0 unspecified atom stereocenters. The maximum absolute atomic E-state index is 12.6. The third-order valence-corrected chi connectivity index (χ3v) is 7.42. The molecule has 2 aromatic carbocycles. The molecule has 0 atom stereocenters. The summed E-state index contributed by atoms with van der Waals surface area (Å²) in [5, 5.41) is 4.66. The summed E-state index contributed by atoms with van der Waals surface area (Å²) in [5.74, 6) is 0.595. The second kappa shape index (κ2) is 10.0. The van der Waals surface area contributed by atoms with Gasteiger partial charge in [0.2, 0.25) is 5.91 Å². The number of hydrogen-bond donors (Lipinski definition) is 2. The third-order valence-electron chi connectivity index (χ3n) is 7.42. The first-order chi connectivity index (χ1) is 20.0. The van der Waals surface area contributed by atoms with Gasteiger partial charge in [0, 0.05) is 66.1 Å². The molecule has 0 radical (unpaired) electrons. The fraction of sp³-hybridized carbons (Fsp3) is 0.156. The predicted octanol–water partition coefficient (Wildman–Crippen LogP) is 6.51. The van der Waals surface area contributed by atoms with Crippen molar-refractivity contribution in [1.29, 1.82) is 0 Å². The average Bonchev–Trinajstić information content (AvgIpc) is 3.36. The van der Waals surface area contributed by atoms with Crippen LogP contribution in [0.1, 0.15) is 19.0 Å². The number of benzene rings is 2. The van der Waals surface area contributed by atoms with E-state index < -0.39 is 0 Å². The zero-order valence-corrected chi connectivity index (χ0v) is 22.8. The van der Waals surface area contributed by atoms with Crippen molar-refractivity contribution in [2.45, 2.75) is 20.3 Å². The highest BCUT2D eigenvalue weighted by molar-refractivity contribution is 6.00. The highest BCUT2D eigenvalue weighted by atomic mass is 16.2. The van der Waals surface area contributed by atoms with Crippen molar-refractivity contribution >= 4 is 56.4 Å². The summed E-state index contributed by atoms with van der Waals surface area (Å²) in [6.07, 6.45) is 6.44. The van der Waals surface area contributed by atoms with Crippen molar-refractivity contribution in [3.63, 3.8) is 0 Å². The van der Waals surface area contributed by atoms with E-state index in [4.69, 9.17) is 4.98 Å². The minimum absolute atomic E-state index is 0.113. The Morgan fingerprint density at radius 3 is 2.51 bits per heavy atom. The Balaban J connectivity index is 1.15. The van der Waals surface area contributed by atoms with Gasteiger partial charge in [-0.05, 0) is 80.1 Å². The number of rotatable bonds is 6. The minimum Gasteiger partial charge on any atom is -0.371 e. The Morgan fingerprint density at radius 1 is 0.927 bits per heavy atom. The number of carbonyl (C=O) groups excluding carboxylic acids is 1. The van der Waals surface area contributed by atoms with E-state index in [2.05, 4.69) is 48.4 Å². The number of anilines is 5. The fourth-order valence-electron chi connectivity index (χ4n) is 5.21. The highest BCUT2D eigenvalue weighted by Crippen LogP contribution is 2.32. The number of imidazole rings is 1. The van der Waals surface area contributed by atoms with E-state index in [1.54, 1.807) is 17.3 Å². The second-order valence-electron chi connectivity index (χ2n) is 10.3. The third kappa shape index (κ3) is 4.71. The maximum Gasteiger partial charge on any atom is 0.228 e. The second-order valence-corrected chi connectivity index (χ2v) is 10.3. The number of aromatic amines is 1. The number of nitrogens with one attached hydrogen (secondary N) is 2. The van der Waals surface area contributed by atoms with Crippen LogP contribution in [-0.2, 0) is 4.79 Å². The van der Waals surface area contributed by atoms with Crippen molar-refractivity contribution < 1.29 is 4.79 Å². The Hall–Kier alpha value is -5.31. The van der Waals surface area contributed by atoms with E-state index in [0.29, 0.717) is 17.2 Å². The maximum atomic E-state index is 12.6. The average molecular weight is 541 g/mol. The lowest BCUT2D eigenvalue weighted by molar-refractivity contribution is -0.115. The van der Waals surface area contributed by atoms with E-state index in [9.17, 15) is 4.79 Å². The van der Waals surface area contributed by atoms with Gasteiger partial charge in [0.05, 0.1) is 28.6 Å². The lowest BCUT2D eigenvalue weighted by Gasteiger charge is -2.33. The van der Waals surface area contributed by atoms with Crippen LogP contribution in [0.2, 0.25) is 0 Å². The van der Waals surface area contributed by atoms with Gasteiger partial charge < -0.3 is 15.2 Å². The van der Waals surface area contributed by atoms with Crippen LogP contribution >= 0.6 is 0 Å². The molecule has 7 rings (SSSR count). The van der Waals surface area contributed by atoms with Crippen LogP contribution in [0, 0.1) is 6.92 Å². The first-order valence-corrected chi connectivity index (χ1v) is 13.6. The van der Waals surface area contributed by atoms with E-state index in [0.717, 1.165) is 57.8 Å². The molecule has 1 aliphatic rings. The zero-order chi connectivity index (χ0) is 27.9. The van der Waals surface area contributed by atoms with Gasteiger partial charge in [-0.15, -0.1) is 0 Å². The monoisotopic (exact) mass is 540 g/mol. The highest BCUT2D eigenvalue weighted by Gasteiger charge is 2.18. The number of hydrogen-bond acceptors (Lipinski definition) is 7. The first kappa shape index (κ1) is 24.7. The topological polar surface area (TPSA) is 103 Å². The number of fused-ring (bicyclic) bond motifs is 2. The van der Waals surface area contributed by atoms with Gasteiger partial charge in [-0.25, -0.2) is 9.97 Å². The van der Waals surface area contributed by atoms with E-state index in [-0.39, 0.29) is 5.91 Å². The van der Waals surface area contributed by atoms with Crippen LogP contribution in [0.15, 0.2) is 85.3 Å². The molecular formula is C32H28N8O. The van der Waals surface area contributed by atoms with Gasteiger partial charge in [0.25, 0.3) is 0 Å². The molecule has 2 N–H and O–H groups in total. The molecule has 5 heterocycles. The molecule has 1 fully saturated rings. The number of H-pyrrole nitrogens is 1. The first-order valence-electron chi connectivity index (χ1n) is 13.6. The Morgan fingerprint density at radius 2 is 1.76 bits per heavy atom. The lowest BCUT2D eigenvalue weighted by Crippen LogP contribution is -2.36. The molecule has 0 bridgehead atoms. The molecule has 9 nitrogen and oxygen atoms in total. The molecule has 1 saturated heterocycles. The number of nitrogens with zero attached hydrogens (tertiary/aromatic N) is 6. The van der Waals surface area contributed by atoms with Crippen LogP contribution in [0.25, 0.3) is 33.5 Å². The zero-order valence-electron chi connectivity index (χ0n) is 22.8. The summed E-state index contributed by atoms with van der Waals surface area (Å²) >= 11 is 0. The quantitative estimate of drug-likeness (QED) is 0.248. The molecule has 0 spiro atoms.